The SMILES string of the molecule is CC1CN2CCCCC2CN1c1cccc(Br)c1CN. The summed E-state index contributed by atoms with van der Waals surface area (Å²) >= 11 is 3.65. The third-order valence-electron chi connectivity index (χ3n) is 4.79. The minimum Gasteiger partial charge on any atom is -0.366 e. The molecule has 0 bridgehead atoms. The first kappa shape index (κ1) is 14.4. The van der Waals surface area contributed by atoms with Crippen LogP contribution in [0.2, 0.25) is 0 Å². The van der Waals surface area contributed by atoms with Crippen molar-refractivity contribution in [3.63, 3.8) is 0 Å². The summed E-state index contributed by atoms with van der Waals surface area (Å²) in [5.74, 6) is 0. The van der Waals surface area contributed by atoms with Crippen molar-refractivity contribution in [3.05, 3.63) is 28.2 Å². The van der Waals surface area contributed by atoms with Gasteiger partial charge in [-0.25, -0.2) is 0 Å². The number of nitrogens with two attached hydrogens (primary N) is 1. The van der Waals surface area contributed by atoms with Gasteiger partial charge in [0.05, 0.1) is 0 Å². The molecule has 2 heterocycles. The molecule has 1 aromatic carbocycles. The van der Waals surface area contributed by atoms with Gasteiger partial charge in [-0.15, -0.1) is 0 Å². The van der Waals surface area contributed by atoms with Crippen LogP contribution in [0.3, 0.4) is 0 Å². The Balaban J connectivity index is 1.88. The molecule has 3 nitrogen and oxygen atoms in total. The predicted molar refractivity (Wildman–Crippen MR) is 88.1 cm³/mol. The summed E-state index contributed by atoms with van der Waals surface area (Å²) in [6, 6.07) is 7.72. The maximum atomic E-state index is 5.97. The summed E-state index contributed by atoms with van der Waals surface area (Å²) in [6.07, 6.45) is 4.09. The number of benzene rings is 1. The van der Waals surface area contributed by atoms with Gasteiger partial charge < -0.3 is 10.6 Å². The van der Waals surface area contributed by atoms with E-state index in [1.807, 2.05) is 0 Å². The quantitative estimate of drug-likeness (QED) is 0.900. The topological polar surface area (TPSA) is 32.5 Å². The van der Waals surface area contributed by atoms with Gasteiger partial charge in [0.2, 0.25) is 0 Å². The Bertz CT molecular complexity index is 477. The molecule has 3 rings (SSSR count). The number of hydrogen-bond donors (Lipinski definition) is 1. The van der Waals surface area contributed by atoms with Gasteiger partial charge in [-0.3, -0.25) is 4.90 Å². The van der Waals surface area contributed by atoms with Crippen LogP contribution in [0.4, 0.5) is 5.69 Å². The first-order valence-corrected chi connectivity index (χ1v) is 8.48. The molecule has 2 fully saturated rings. The fraction of sp³-hybridized carbons (Fsp3) is 0.625. The molecule has 2 N–H and O–H groups in total. The van der Waals surface area contributed by atoms with Crippen LogP contribution < -0.4 is 10.6 Å². The molecule has 1 aromatic rings. The molecule has 0 aromatic heterocycles. The lowest BCUT2D eigenvalue weighted by Gasteiger charge is -2.49. The van der Waals surface area contributed by atoms with Crippen LogP contribution in [0.15, 0.2) is 22.7 Å². The zero-order chi connectivity index (χ0) is 14.1. The number of anilines is 1. The second kappa shape index (κ2) is 6.04. The normalized spacial score (nSPS) is 27.4. The van der Waals surface area contributed by atoms with E-state index >= 15 is 0 Å². The van der Waals surface area contributed by atoms with E-state index in [0.717, 1.165) is 17.1 Å². The molecule has 4 heteroatoms. The Morgan fingerprint density at radius 3 is 2.95 bits per heavy atom. The van der Waals surface area contributed by atoms with Gasteiger partial charge >= 0.3 is 0 Å². The van der Waals surface area contributed by atoms with E-state index in [-0.39, 0.29) is 0 Å². The van der Waals surface area contributed by atoms with Crippen molar-refractivity contribution in [2.24, 2.45) is 5.73 Å². The summed E-state index contributed by atoms with van der Waals surface area (Å²) in [7, 11) is 0. The van der Waals surface area contributed by atoms with E-state index in [4.69, 9.17) is 5.73 Å². The van der Waals surface area contributed by atoms with Gasteiger partial charge in [0.25, 0.3) is 0 Å². The molecular weight excluding hydrogens is 314 g/mol. The first-order chi connectivity index (χ1) is 9.70. The maximum Gasteiger partial charge on any atom is 0.0426 e. The standard InChI is InChI=1S/C16H24BrN3/c1-12-10-19-8-3-2-5-13(19)11-20(12)16-7-4-6-15(17)14(16)9-18/h4,6-7,12-13H,2-3,5,8-11,18H2,1H3. The summed E-state index contributed by atoms with van der Waals surface area (Å²) in [4.78, 5) is 5.25. The summed E-state index contributed by atoms with van der Waals surface area (Å²) in [5, 5.41) is 0. The second-order valence-electron chi connectivity index (χ2n) is 6.09. The average Bonchev–Trinajstić information content (AvgIpc) is 2.46. The first-order valence-electron chi connectivity index (χ1n) is 7.69. The van der Waals surface area contributed by atoms with Gasteiger partial charge in [-0.1, -0.05) is 28.4 Å². The Hall–Kier alpha value is -0.580. The Morgan fingerprint density at radius 2 is 2.15 bits per heavy atom. The average molecular weight is 338 g/mol. The van der Waals surface area contributed by atoms with Crippen LogP contribution in [0.25, 0.3) is 0 Å². The molecule has 20 heavy (non-hydrogen) atoms. The number of halogens is 1. The number of piperazine rings is 1. The van der Waals surface area contributed by atoms with E-state index in [2.05, 4.69) is 50.9 Å². The van der Waals surface area contributed by atoms with Crippen molar-refractivity contribution < 1.29 is 0 Å². The van der Waals surface area contributed by atoms with Gasteiger partial charge in [-0.2, -0.15) is 0 Å². The molecular formula is C16H24BrN3. The van der Waals surface area contributed by atoms with Gasteiger partial charge in [0.1, 0.15) is 0 Å². The lowest BCUT2D eigenvalue weighted by Crippen LogP contribution is -2.59. The lowest BCUT2D eigenvalue weighted by atomic mass is 9.96. The van der Waals surface area contributed by atoms with Crippen LogP contribution >= 0.6 is 15.9 Å². The molecule has 2 aliphatic heterocycles. The Labute approximate surface area is 130 Å². The molecule has 2 unspecified atom stereocenters. The molecule has 2 saturated heterocycles. The zero-order valence-electron chi connectivity index (χ0n) is 12.2. The van der Waals surface area contributed by atoms with Crippen molar-refractivity contribution in [3.8, 4) is 0 Å². The second-order valence-corrected chi connectivity index (χ2v) is 6.94. The highest BCUT2D eigenvalue weighted by atomic mass is 79.9. The molecule has 0 radical (unpaired) electrons. The molecule has 2 aliphatic rings. The summed E-state index contributed by atoms with van der Waals surface area (Å²) < 4.78 is 1.13. The number of hydrogen-bond acceptors (Lipinski definition) is 3. The van der Waals surface area contributed by atoms with Crippen molar-refractivity contribution in [2.45, 2.75) is 44.8 Å². The fourth-order valence-corrected chi connectivity index (χ4v) is 4.22. The summed E-state index contributed by atoms with van der Waals surface area (Å²) in [5.41, 5.74) is 8.53. The smallest absolute Gasteiger partial charge is 0.0426 e. The largest absolute Gasteiger partial charge is 0.366 e. The van der Waals surface area contributed by atoms with Crippen LogP contribution in [0.1, 0.15) is 31.7 Å². The zero-order valence-corrected chi connectivity index (χ0v) is 13.8. The molecule has 0 amide bonds. The highest BCUT2D eigenvalue weighted by Gasteiger charge is 2.33. The molecule has 0 saturated carbocycles. The molecule has 0 aliphatic carbocycles. The van der Waals surface area contributed by atoms with Gasteiger partial charge in [-0.05, 0) is 38.4 Å². The highest BCUT2D eigenvalue weighted by Crippen LogP contribution is 2.33. The lowest BCUT2D eigenvalue weighted by molar-refractivity contribution is 0.115. The van der Waals surface area contributed by atoms with E-state index < -0.39 is 0 Å². The number of piperidine rings is 1. The van der Waals surface area contributed by atoms with Crippen LogP contribution in [-0.2, 0) is 6.54 Å². The number of fused-ring (bicyclic) bond motifs is 1. The monoisotopic (exact) mass is 337 g/mol. The third kappa shape index (κ3) is 2.61. The Kier molecular flexibility index (Phi) is 4.34. The van der Waals surface area contributed by atoms with Crippen molar-refractivity contribution in [2.75, 3.05) is 24.5 Å². The van der Waals surface area contributed by atoms with E-state index in [1.165, 1.54) is 43.6 Å². The van der Waals surface area contributed by atoms with Crippen LogP contribution in [0.5, 0.6) is 0 Å². The van der Waals surface area contributed by atoms with E-state index in [9.17, 15) is 0 Å². The van der Waals surface area contributed by atoms with Gasteiger partial charge in [0, 0.05) is 47.4 Å². The third-order valence-corrected chi connectivity index (χ3v) is 5.54. The molecule has 0 spiro atoms. The fourth-order valence-electron chi connectivity index (χ4n) is 3.71. The minimum atomic E-state index is 0.559. The van der Waals surface area contributed by atoms with Crippen LogP contribution in [0, 0.1) is 0 Å². The van der Waals surface area contributed by atoms with Crippen molar-refractivity contribution in [1.82, 2.24) is 4.90 Å². The predicted octanol–water partition coefficient (Wildman–Crippen LogP) is 2.97. The maximum absolute atomic E-state index is 5.97. The minimum absolute atomic E-state index is 0.559. The van der Waals surface area contributed by atoms with Crippen molar-refractivity contribution in [1.29, 1.82) is 0 Å². The van der Waals surface area contributed by atoms with Gasteiger partial charge in [0.15, 0.2) is 0 Å². The number of rotatable bonds is 2. The Morgan fingerprint density at radius 1 is 1.30 bits per heavy atom. The number of nitrogens with zero attached hydrogens (tertiary/aromatic N) is 2. The van der Waals surface area contributed by atoms with Crippen LogP contribution in [-0.4, -0.2) is 36.6 Å². The summed E-state index contributed by atoms with van der Waals surface area (Å²) in [6.45, 7) is 6.54. The van der Waals surface area contributed by atoms with E-state index in [1.54, 1.807) is 0 Å². The molecule has 110 valence electrons. The molecule has 2 atom stereocenters. The van der Waals surface area contributed by atoms with E-state index in [0.29, 0.717) is 12.6 Å². The van der Waals surface area contributed by atoms with Crippen molar-refractivity contribution >= 4 is 21.6 Å². The highest BCUT2D eigenvalue weighted by molar-refractivity contribution is 9.10.